The van der Waals surface area contributed by atoms with Gasteiger partial charge in [0, 0.05) is 12.2 Å². The number of benzene rings is 1. The second-order valence-corrected chi connectivity index (χ2v) is 4.75. The van der Waals surface area contributed by atoms with Crippen LogP contribution in [0.5, 0.6) is 0 Å². The zero-order valence-corrected chi connectivity index (χ0v) is 10.3. The summed E-state index contributed by atoms with van der Waals surface area (Å²) in [5.74, 6) is 0. The maximum Gasteiger partial charge on any atom is 0.416 e. The topological polar surface area (TPSA) is 35.8 Å². The molecule has 1 aromatic carbocycles. The molecule has 0 aliphatic carbocycles. The molecule has 0 bridgehead atoms. The van der Waals surface area contributed by atoms with E-state index in [9.17, 15) is 13.2 Å². The average Bonchev–Trinajstić information content (AvgIpc) is 2.28. The van der Waals surface area contributed by atoms with Gasteiger partial charge in [-0.2, -0.15) is 18.4 Å². The molecule has 0 unspecified atom stereocenters. The number of nitriles is 1. The van der Waals surface area contributed by atoms with Gasteiger partial charge in [-0.15, -0.1) is 0 Å². The standard InChI is InChI=1S/C13H15F3N2/c1-12(2,9-17)7-8-18-11-5-3-10(4-6-11)13(14,15)16/h3-6,18H,7-8H2,1-2H3. The molecule has 0 amide bonds. The second-order valence-electron chi connectivity index (χ2n) is 4.75. The van der Waals surface area contributed by atoms with Gasteiger partial charge in [-0.3, -0.25) is 0 Å². The summed E-state index contributed by atoms with van der Waals surface area (Å²) in [6.07, 6.45) is -3.67. The van der Waals surface area contributed by atoms with Crippen LogP contribution in [0.3, 0.4) is 0 Å². The number of nitrogens with one attached hydrogen (secondary N) is 1. The Balaban J connectivity index is 2.53. The van der Waals surface area contributed by atoms with Crippen LogP contribution >= 0.6 is 0 Å². The SMILES string of the molecule is CC(C)(C#N)CCNc1ccc(C(F)(F)F)cc1. The molecule has 0 aromatic heterocycles. The molecule has 98 valence electrons. The molecule has 0 aliphatic heterocycles. The quantitative estimate of drug-likeness (QED) is 0.881. The maximum atomic E-state index is 12.3. The van der Waals surface area contributed by atoms with E-state index in [2.05, 4.69) is 11.4 Å². The van der Waals surface area contributed by atoms with Gasteiger partial charge < -0.3 is 5.32 Å². The van der Waals surface area contributed by atoms with E-state index in [-0.39, 0.29) is 0 Å². The van der Waals surface area contributed by atoms with Gasteiger partial charge in [-0.25, -0.2) is 0 Å². The Kier molecular flexibility index (Phi) is 4.23. The van der Waals surface area contributed by atoms with Gasteiger partial charge in [-0.1, -0.05) is 0 Å². The summed E-state index contributed by atoms with van der Waals surface area (Å²) in [7, 11) is 0. The third-order valence-electron chi connectivity index (χ3n) is 2.59. The normalized spacial score (nSPS) is 12.0. The highest BCUT2D eigenvalue weighted by Crippen LogP contribution is 2.29. The fourth-order valence-electron chi connectivity index (χ4n) is 1.35. The molecule has 0 radical (unpaired) electrons. The van der Waals surface area contributed by atoms with Crippen molar-refractivity contribution in [2.75, 3.05) is 11.9 Å². The number of hydrogen-bond acceptors (Lipinski definition) is 2. The predicted molar refractivity (Wildman–Crippen MR) is 63.9 cm³/mol. The van der Waals surface area contributed by atoms with Crippen LogP contribution in [0.15, 0.2) is 24.3 Å². The Morgan fingerprint density at radius 1 is 1.17 bits per heavy atom. The number of halogens is 3. The molecule has 2 nitrogen and oxygen atoms in total. The summed E-state index contributed by atoms with van der Waals surface area (Å²) in [4.78, 5) is 0. The lowest BCUT2D eigenvalue weighted by molar-refractivity contribution is -0.137. The lowest BCUT2D eigenvalue weighted by atomic mass is 9.91. The first kappa shape index (κ1) is 14.4. The van der Waals surface area contributed by atoms with Crippen molar-refractivity contribution < 1.29 is 13.2 Å². The fraction of sp³-hybridized carbons (Fsp3) is 0.462. The van der Waals surface area contributed by atoms with Crippen molar-refractivity contribution in [2.24, 2.45) is 5.41 Å². The van der Waals surface area contributed by atoms with Crippen LogP contribution in [0.25, 0.3) is 0 Å². The summed E-state index contributed by atoms with van der Waals surface area (Å²) in [5, 5.41) is 11.8. The molecule has 18 heavy (non-hydrogen) atoms. The van der Waals surface area contributed by atoms with Crippen LogP contribution in [0.4, 0.5) is 18.9 Å². The Labute approximate surface area is 104 Å². The molecular weight excluding hydrogens is 241 g/mol. The molecular formula is C13H15F3N2. The van der Waals surface area contributed by atoms with Crippen molar-refractivity contribution in [1.82, 2.24) is 0 Å². The van der Waals surface area contributed by atoms with E-state index in [0.717, 1.165) is 12.1 Å². The number of alkyl halides is 3. The van der Waals surface area contributed by atoms with Crippen molar-refractivity contribution >= 4 is 5.69 Å². The average molecular weight is 256 g/mol. The van der Waals surface area contributed by atoms with Crippen LogP contribution in [0.1, 0.15) is 25.8 Å². The molecule has 1 N–H and O–H groups in total. The number of anilines is 1. The van der Waals surface area contributed by atoms with Crippen LogP contribution in [-0.4, -0.2) is 6.54 Å². The van der Waals surface area contributed by atoms with Gasteiger partial charge in [-0.05, 0) is 44.5 Å². The van der Waals surface area contributed by atoms with Crippen molar-refractivity contribution in [3.8, 4) is 6.07 Å². The molecule has 1 rings (SSSR count). The summed E-state index contributed by atoms with van der Waals surface area (Å²) in [5.41, 5.74) is -0.471. The monoisotopic (exact) mass is 256 g/mol. The smallest absolute Gasteiger partial charge is 0.385 e. The van der Waals surface area contributed by atoms with Crippen molar-refractivity contribution in [3.63, 3.8) is 0 Å². The highest BCUT2D eigenvalue weighted by molar-refractivity contribution is 5.45. The molecule has 0 saturated heterocycles. The number of nitrogens with zero attached hydrogens (tertiary/aromatic N) is 1. The minimum absolute atomic E-state index is 0.432. The highest BCUT2D eigenvalue weighted by Gasteiger charge is 2.29. The van der Waals surface area contributed by atoms with Gasteiger partial charge in [0.1, 0.15) is 0 Å². The first-order valence-electron chi connectivity index (χ1n) is 5.57. The summed E-state index contributed by atoms with van der Waals surface area (Å²) >= 11 is 0. The van der Waals surface area contributed by atoms with E-state index < -0.39 is 17.2 Å². The van der Waals surface area contributed by atoms with Crippen LogP contribution < -0.4 is 5.32 Å². The minimum atomic E-state index is -4.30. The van der Waals surface area contributed by atoms with Crippen molar-refractivity contribution in [1.29, 1.82) is 5.26 Å². The minimum Gasteiger partial charge on any atom is -0.385 e. The van der Waals surface area contributed by atoms with E-state index in [1.54, 1.807) is 0 Å². The lowest BCUT2D eigenvalue weighted by Gasteiger charge is -2.16. The summed E-state index contributed by atoms with van der Waals surface area (Å²) < 4.78 is 37.0. The highest BCUT2D eigenvalue weighted by atomic mass is 19.4. The van der Waals surface area contributed by atoms with Crippen LogP contribution in [0.2, 0.25) is 0 Å². The van der Waals surface area contributed by atoms with E-state index in [1.807, 2.05) is 13.8 Å². The van der Waals surface area contributed by atoms with E-state index >= 15 is 0 Å². The van der Waals surface area contributed by atoms with E-state index in [0.29, 0.717) is 18.7 Å². The third kappa shape index (κ3) is 4.28. The van der Waals surface area contributed by atoms with Gasteiger partial charge >= 0.3 is 6.18 Å². The van der Waals surface area contributed by atoms with Crippen LogP contribution in [-0.2, 0) is 6.18 Å². The van der Waals surface area contributed by atoms with Gasteiger partial charge in [0.25, 0.3) is 0 Å². The zero-order chi connectivity index (χ0) is 13.8. The molecule has 0 saturated carbocycles. The van der Waals surface area contributed by atoms with Crippen LogP contribution in [0, 0.1) is 16.7 Å². The van der Waals surface area contributed by atoms with Crippen molar-refractivity contribution in [3.05, 3.63) is 29.8 Å². The van der Waals surface area contributed by atoms with Gasteiger partial charge in [0.2, 0.25) is 0 Å². The Morgan fingerprint density at radius 2 is 1.72 bits per heavy atom. The predicted octanol–water partition coefficient (Wildman–Crippen LogP) is 4.06. The molecule has 0 heterocycles. The van der Waals surface area contributed by atoms with E-state index in [1.165, 1.54) is 12.1 Å². The fourth-order valence-corrected chi connectivity index (χ4v) is 1.35. The van der Waals surface area contributed by atoms with Crippen molar-refractivity contribution in [2.45, 2.75) is 26.4 Å². The summed E-state index contributed by atoms with van der Waals surface area (Å²) in [6, 6.07) is 7.03. The van der Waals surface area contributed by atoms with Gasteiger partial charge in [0.05, 0.1) is 17.0 Å². The molecule has 1 aromatic rings. The van der Waals surface area contributed by atoms with E-state index in [4.69, 9.17) is 5.26 Å². The number of rotatable bonds is 4. The Morgan fingerprint density at radius 3 is 2.17 bits per heavy atom. The Bertz CT molecular complexity index is 427. The largest absolute Gasteiger partial charge is 0.416 e. The number of hydrogen-bond donors (Lipinski definition) is 1. The lowest BCUT2D eigenvalue weighted by Crippen LogP contribution is -2.14. The zero-order valence-electron chi connectivity index (χ0n) is 10.3. The molecule has 5 heteroatoms. The first-order chi connectivity index (χ1) is 8.24. The molecule has 0 atom stereocenters. The molecule has 0 spiro atoms. The van der Waals surface area contributed by atoms with Gasteiger partial charge in [0.15, 0.2) is 0 Å². The molecule has 0 aliphatic rings. The maximum absolute atomic E-state index is 12.3. The molecule has 0 fully saturated rings. The summed E-state index contributed by atoms with van der Waals surface area (Å²) in [6.45, 7) is 4.19. The second kappa shape index (κ2) is 5.30. The third-order valence-corrected chi connectivity index (χ3v) is 2.59. The first-order valence-corrected chi connectivity index (χ1v) is 5.57. The Hall–Kier alpha value is -1.70.